The molecule has 112 valence electrons. The normalized spacial score (nSPS) is 10.6. The summed E-state index contributed by atoms with van der Waals surface area (Å²) in [5.74, 6) is 0.534. The van der Waals surface area contributed by atoms with Gasteiger partial charge in [0, 0.05) is 23.6 Å². The first-order valence-electron chi connectivity index (χ1n) is 7.11. The van der Waals surface area contributed by atoms with Crippen LogP contribution in [0.4, 0.5) is 0 Å². The molecule has 0 saturated heterocycles. The lowest BCUT2D eigenvalue weighted by Gasteiger charge is -2.06. The van der Waals surface area contributed by atoms with Crippen molar-refractivity contribution in [3.05, 3.63) is 52.0 Å². The lowest BCUT2D eigenvalue weighted by molar-refractivity contribution is 0.0520. The van der Waals surface area contributed by atoms with Gasteiger partial charge >= 0.3 is 5.97 Å². The van der Waals surface area contributed by atoms with Crippen LogP contribution in [0, 0.1) is 0 Å². The van der Waals surface area contributed by atoms with Gasteiger partial charge in [0.1, 0.15) is 5.82 Å². The fraction of sp³-hybridized carbons (Fsp3) is 0.375. The van der Waals surface area contributed by atoms with Crippen LogP contribution in [0.2, 0.25) is 0 Å². The molecule has 0 spiro atoms. The van der Waals surface area contributed by atoms with Crippen LogP contribution in [0.15, 0.2) is 34.9 Å². The van der Waals surface area contributed by atoms with Gasteiger partial charge in [0.05, 0.1) is 6.61 Å². The minimum Gasteiger partial charge on any atom is -0.461 e. The predicted octanol–water partition coefficient (Wildman–Crippen LogP) is 3.82. The quantitative estimate of drug-likeness (QED) is 0.743. The molecule has 1 aromatic heterocycles. The number of aryl methyl sites for hydroxylation is 1. The van der Waals surface area contributed by atoms with Gasteiger partial charge in [-0.15, -0.1) is 0 Å². The van der Waals surface area contributed by atoms with Gasteiger partial charge in [-0.2, -0.15) is 0 Å². The number of hydrogen-bond acceptors (Lipinski definition) is 3. The van der Waals surface area contributed by atoms with E-state index in [-0.39, 0.29) is 5.97 Å². The van der Waals surface area contributed by atoms with E-state index in [1.54, 1.807) is 13.1 Å². The summed E-state index contributed by atoms with van der Waals surface area (Å²) in [4.78, 5) is 16.2. The average molecular weight is 351 g/mol. The van der Waals surface area contributed by atoms with Gasteiger partial charge in [0.25, 0.3) is 0 Å². The van der Waals surface area contributed by atoms with Gasteiger partial charge in [-0.1, -0.05) is 35.0 Å². The van der Waals surface area contributed by atoms with Crippen LogP contribution in [0.5, 0.6) is 0 Å². The van der Waals surface area contributed by atoms with Crippen LogP contribution in [0.1, 0.15) is 42.1 Å². The van der Waals surface area contributed by atoms with Gasteiger partial charge in [-0.3, -0.25) is 0 Å². The van der Waals surface area contributed by atoms with Gasteiger partial charge in [-0.05, 0) is 31.0 Å². The van der Waals surface area contributed by atoms with Gasteiger partial charge in [0.15, 0.2) is 5.69 Å². The molecule has 0 radical (unpaired) electrons. The third kappa shape index (κ3) is 4.17. The molecule has 0 unspecified atom stereocenters. The number of aromatic nitrogens is 2. The molecule has 0 aliphatic heterocycles. The maximum atomic E-state index is 11.8. The minimum atomic E-state index is -0.357. The summed E-state index contributed by atoms with van der Waals surface area (Å²) < 4.78 is 8.11. The second kappa shape index (κ2) is 7.41. The number of hydrogen-bond donors (Lipinski definition) is 0. The maximum absolute atomic E-state index is 11.8. The largest absolute Gasteiger partial charge is 0.461 e. The van der Waals surface area contributed by atoms with Crippen LogP contribution in [0.3, 0.4) is 0 Å². The molecule has 1 heterocycles. The Bertz CT molecular complexity index is 605. The topological polar surface area (TPSA) is 44.1 Å². The first kappa shape index (κ1) is 15.8. The maximum Gasteiger partial charge on any atom is 0.358 e. The number of carbonyl (C=O) groups excluding carboxylic acids is 1. The van der Waals surface area contributed by atoms with Crippen molar-refractivity contribution in [2.45, 2.75) is 33.2 Å². The summed E-state index contributed by atoms with van der Waals surface area (Å²) in [5, 5.41) is 0. The van der Waals surface area contributed by atoms with E-state index in [0.717, 1.165) is 28.8 Å². The summed E-state index contributed by atoms with van der Waals surface area (Å²) in [7, 11) is 0. The number of esters is 1. The molecule has 0 bridgehead atoms. The first-order chi connectivity index (χ1) is 10.1. The zero-order valence-corrected chi connectivity index (χ0v) is 13.9. The summed E-state index contributed by atoms with van der Waals surface area (Å²) in [5.41, 5.74) is 1.55. The van der Waals surface area contributed by atoms with Crippen molar-refractivity contribution in [3.8, 4) is 0 Å². The van der Waals surface area contributed by atoms with E-state index < -0.39 is 0 Å². The van der Waals surface area contributed by atoms with Crippen molar-refractivity contribution in [3.63, 3.8) is 0 Å². The highest BCUT2D eigenvalue weighted by atomic mass is 79.9. The van der Waals surface area contributed by atoms with Crippen LogP contribution in [-0.4, -0.2) is 22.1 Å². The van der Waals surface area contributed by atoms with Gasteiger partial charge in [0.2, 0.25) is 0 Å². The van der Waals surface area contributed by atoms with Crippen LogP contribution >= 0.6 is 15.9 Å². The molecule has 0 aliphatic carbocycles. The van der Waals surface area contributed by atoms with Gasteiger partial charge in [-0.25, -0.2) is 9.78 Å². The number of carbonyl (C=O) groups is 1. The lowest BCUT2D eigenvalue weighted by Crippen LogP contribution is -2.05. The van der Waals surface area contributed by atoms with E-state index in [2.05, 4.69) is 40.0 Å². The molecule has 0 fully saturated rings. The second-order valence-electron chi connectivity index (χ2n) is 4.76. The van der Waals surface area contributed by atoms with Crippen molar-refractivity contribution >= 4 is 21.9 Å². The Hall–Kier alpha value is -1.62. The van der Waals surface area contributed by atoms with Crippen molar-refractivity contribution in [1.82, 2.24) is 9.55 Å². The standard InChI is InChI=1S/C16H19BrN2O2/c1-3-9-19-11-14(16(20)21-4-2)18-15(19)10-12-5-7-13(17)8-6-12/h5-8,11H,3-4,9-10H2,1-2H3. The number of halogens is 1. The first-order valence-corrected chi connectivity index (χ1v) is 7.91. The van der Waals surface area contributed by atoms with Crippen LogP contribution in [-0.2, 0) is 17.7 Å². The molecule has 0 saturated carbocycles. The number of ether oxygens (including phenoxy) is 1. The SMILES string of the molecule is CCCn1cc(C(=O)OCC)nc1Cc1ccc(Br)cc1. The van der Waals surface area contributed by atoms with Gasteiger partial charge < -0.3 is 9.30 Å². The summed E-state index contributed by atoms with van der Waals surface area (Å²) in [6.07, 6.45) is 3.48. The Morgan fingerprint density at radius 1 is 1.29 bits per heavy atom. The fourth-order valence-corrected chi connectivity index (χ4v) is 2.38. The zero-order chi connectivity index (χ0) is 15.2. The van der Waals surface area contributed by atoms with E-state index >= 15 is 0 Å². The minimum absolute atomic E-state index is 0.357. The molecule has 5 heteroatoms. The van der Waals surface area contributed by atoms with E-state index in [1.807, 2.05) is 16.7 Å². The Labute approximate surface area is 133 Å². The molecule has 0 aliphatic rings. The number of benzene rings is 1. The highest BCUT2D eigenvalue weighted by Gasteiger charge is 2.15. The third-order valence-electron chi connectivity index (χ3n) is 3.08. The zero-order valence-electron chi connectivity index (χ0n) is 12.3. The summed E-state index contributed by atoms with van der Waals surface area (Å²) in [6, 6.07) is 8.13. The fourth-order valence-electron chi connectivity index (χ4n) is 2.12. The summed E-state index contributed by atoms with van der Waals surface area (Å²) >= 11 is 3.43. The van der Waals surface area contributed by atoms with E-state index in [1.165, 1.54) is 0 Å². The van der Waals surface area contributed by atoms with Crippen molar-refractivity contribution in [2.75, 3.05) is 6.61 Å². The van der Waals surface area contributed by atoms with E-state index in [9.17, 15) is 4.79 Å². The molecule has 0 amide bonds. The Morgan fingerprint density at radius 3 is 2.62 bits per heavy atom. The lowest BCUT2D eigenvalue weighted by atomic mass is 10.1. The smallest absolute Gasteiger partial charge is 0.358 e. The molecule has 4 nitrogen and oxygen atoms in total. The van der Waals surface area contributed by atoms with E-state index in [4.69, 9.17) is 4.74 Å². The van der Waals surface area contributed by atoms with Crippen LogP contribution in [0.25, 0.3) is 0 Å². The molecule has 1 aromatic carbocycles. The Morgan fingerprint density at radius 2 is 2.00 bits per heavy atom. The van der Waals surface area contributed by atoms with Crippen LogP contribution < -0.4 is 0 Å². The van der Waals surface area contributed by atoms with E-state index in [0.29, 0.717) is 18.7 Å². The Balaban J connectivity index is 2.23. The molecule has 0 N–H and O–H groups in total. The Kier molecular flexibility index (Phi) is 5.56. The summed E-state index contributed by atoms with van der Waals surface area (Å²) in [6.45, 7) is 5.11. The predicted molar refractivity (Wildman–Crippen MR) is 85.4 cm³/mol. The van der Waals surface area contributed by atoms with Crippen molar-refractivity contribution in [2.24, 2.45) is 0 Å². The number of imidazole rings is 1. The molecular formula is C16H19BrN2O2. The molecular weight excluding hydrogens is 332 g/mol. The second-order valence-corrected chi connectivity index (χ2v) is 5.68. The average Bonchev–Trinajstić information content (AvgIpc) is 2.85. The third-order valence-corrected chi connectivity index (χ3v) is 3.61. The van der Waals surface area contributed by atoms with Crippen molar-refractivity contribution in [1.29, 1.82) is 0 Å². The highest BCUT2D eigenvalue weighted by molar-refractivity contribution is 9.10. The monoisotopic (exact) mass is 350 g/mol. The molecule has 2 rings (SSSR count). The highest BCUT2D eigenvalue weighted by Crippen LogP contribution is 2.15. The number of rotatable bonds is 6. The molecule has 2 aromatic rings. The molecule has 0 atom stereocenters. The molecule has 21 heavy (non-hydrogen) atoms. The number of nitrogens with zero attached hydrogens (tertiary/aromatic N) is 2. The van der Waals surface area contributed by atoms with Crippen molar-refractivity contribution < 1.29 is 9.53 Å².